The molecule has 52 valence electrons. The van der Waals surface area contributed by atoms with Crippen molar-refractivity contribution in [2.45, 2.75) is 6.92 Å². The second-order valence-corrected chi connectivity index (χ2v) is 1.62. The summed E-state index contributed by atoms with van der Waals surface area (Å²) in [4.78, 5) is 10.6. The van der Waals surface area contributed by atoms with Crippen LogP contribution in [0, 0.1) is 0 Å². The summed E-state index contributed by atoms with van der Waals surface area (Å²) in [7, 11) is 3.09. The highest BCUT2D eigenvalue weighted by Gasteiger charge is 1.97. The average molecular weight is 129 g/mol. The molecule has 3 nitrogen and oxygen atoms in total. The molecule has 0 saturated carbocycles. The second-order valence-electron chi connectivity index (χ2n) is 1.62. The standard InChI is InChI=1S/C6H11NO2/c1-5(4-9-3)6(8)7-2/h4H,1-3H3,(H,7,8)/b5-4-. The predicted molar refractivity (Wildman–Crippen MR) is 34.8 cm³/mol. The van der Waals surface area contributed by atoms with Crippen LogP contribution in [0.25, 0.3) is 0 Å². The van der Waals surface area contributed by atoms with Gasteiger partial charge in [0.1, 0.15) is 0 Å². The first-order valence-electron chi connectivity index (χ1n) is 2.64. The molecule has 0 aromatic heterocycles. The van der Waals surface area contributed by atoms with E-state index in [1.54, 1.807) is 14.0 Å². The highest BCUT2D eigenvalue weighted by atomic mass is 16.5. The zero-order chi connectivity index (χ0) is 7.28. The average Bonchev–Trinajstić information content (AvgIpc) is 1.87. The molecule has 0 saturated heterocycles. The van der Waals surface area contributed by atoms with Gasteiger partial charge in [0.2, 0.25) is 5.91 Å². The third-order valence-electron chi connectivity index (χ3n) is 0.880. The van der Waals surface area contributed by atoms with Crippen LogP contribution >= 0.6 is 0 Å². The number of rotatable bonds is 2. The SMILES string of the molecule is CNC(=O)/C(C)=C\OC. The molecule has 1 amide bonds. The van der Waals surface area contributed by atoms with Gasteiger partial charge in [0.05, 0.1) is 13.4 Å². The van der Waals surface area contributed by atoms with E-state index >= 15 is 0 Å². The van der Waals surface area contributed by atoms with Crippen molar-refractivity contribution in [1.82, 2.24) is 5.32 Å². The summed E-state index contributed by atoms with van der Waals surface area (Å²) in [5, 5.41) is 2.46. The van der Waals surface area contributed by atoms with Crippen molar-refractivity contribution in [2.75, 3.05) is 14.2 Å². The molecule has 0 unspecified atom stereocenters. The Balaban J connectivity index is 3.86. The van der Waals surface area contributed by atoms with Crippen molar-refractivity contribution in [3.8, 4) is 0 Å². The molecule has 3 heteroatoms. The zero-order valence-corrected chi connectivity index (χ0v) is 5.89. The van der Waals surface area contributed by atoms with E-state index in [0.717, 1.165) is 0 Å². The summed E-state index contributed by atoms with van der Waals surface area (Å²) in [6.45, 7) is 1.68. The summed E-state index contributed by atoms with van der Waals surface area (Å²) >= 11 is 0. The molecule has 0 heterocycles. The van der Waals surface area contributed by atoms with Crippen LogP contribution in [-0.4, -0.2) is 20.1 Å². The maximum Gasteiger partial charge on any atom is 0.249 e. The number of carbonyl (C=O) groups excluding carboxylic acids is 1. The summed E-state index contributed by atoms with van der Waals surface area (Å²) in [5.41, 5.74) is 0.569. The van der Waals surface area contributed by atoms with Crippen LogP contribution in [0.2, 0.25) is 0 Å². The van der Waals surface area contributed by atoms with Gasteiger partial charge in [-0.3, -0.25) is 4.79 Å². The lowest BCUT2D eigenvalue weighted by molar-refractivity contribution is -0.117. The van der Waals surface area contributed by atoms with Crippen LogP contribution in [0.5, 0.6) is 0 Å². The van der Waals surface area contributed by atoms with Crippen molar-refractivity contribution in [1.29, 1.82) is 0 Å². The minimum absolute atomic E-state index is 0.114. The Kier molecular flexibility index (Phi) is 3.51. The number of methoxy groups -OCH3 is 1. The molecular formula is C6H11NO2. The number of amides is 1. The fourth-order valence-electron chi connectivity index (χ4n) is 0.427. The number of carbonyl (C=O) groups is 1. The summed E-state index contributed by atoms with van der Waals surface area (Å²) in [5.74, 6) is -0.114. The van der Waals surface area contributed by atoms with E-state index in [1.165, 1.54) is 13.4 Å². The lowest BCUT2D eigenvalue weighted by Crippen LogP contribution is -2.18. The molecular weight excluding hydrogens is 118 g/mol. The molecule has 0 rings (SSSR count). The Morgan fingerprint density at radius 3 is 2.56 bits per heavy atom. The molecule has 0 radical (unpaired) electrons. The fraction of sp³-hybridized carbons (Fsp3) is 0.500. The number of likely N-dealkylation sites (N-methyl/N-ethyl adjacent to an activating group) is 1. The van der Waals surface area contributed by atoms with Crippen molar-refractivity contribution >= 4 is 5.91 Å². The third-order valence-corrected chi connectivity index (χ3v) is 0.880. The van der Waals surface area contributed by atoms with Crippen molar-refractivity contribution in [3.05, 3.63) is 11.8 Å². The van der Waals surface area contributed by atoms with Crippen molar-refractivity contribution < 1.29 is 9.53 Å². The summed E-state index contributed by atoms with van der Waals surface area (Å²) < 4.78 is 4.60. The molecule has 0 atom stereocenters. The third kappa shape index (κ3) is 2.74. The molecule has 0 aromatic rings. The van der Waals surface area contributed by atoms with Crippen LogP contribution in [0.1, 0.15) is 6.92 Å². The van der Waals surface area contributed by atoms with Gasteiger partial charge in [0.25, 0.3) is 0 Å². The van der Waals surface area contributed by atoms with Crippen LogP contribution in [0.15, 0.2) is 11.8 Å². The van der Waals surface area contributed by atoms with E-state index in [1.807, 2.05) is 0 Å². The van der Waals surface area contributed by atoms with Gasteiger partial charge >= 0.3 is 0 Å². The van der Waals surface area contributed by atoms with E-state index in [9.17, 15) is 4.79 Å². The Bertz CT molecular complexity index is 129. The van der Waals surface area contributed by atoms with E-state index in [2.05, 4.69) is 10.1 Å². The van der Waals surface area contributed by atoms with Crippen LogP contribution in [0.4, 0.5) is 0 Å². The normalized spacial score (nSPS) is 10.8. The Hall–Kier alpha value is -0.990. The minimum Gasteiger partial charge on any atom is -0.504 e. The number of nitrogens with one attached hydrogen (secondary N) is 1. The van der Waals surface area contributed by atoms with Crippen LogP contribution in [-0.2, 0) is 9.53 Å². The number of hydrogen-bond acceptors (Lipinski definition) is 2. The Labute approximate surface area is 54.7 Å². The molecule has 0 aliphatic rings. The molecule has 0 aliphatic heterocycles. The van der Waals surface area contributed by atoms with E-state index in [0.29, 0.717) is 5.57 Å². The van der Waals surface area contributed by atoms with E-state index < -0.39 is 0 Å². The monoisotopic (exact) mass is 129 g/mol. The largest absolute Gasteiger partial charge is 0.504 e. The first-order valence-corrected chi connectivity index (χ1v) is 2.64. The molecule has 0 spiro atoms. The van der Waals surface area contributed by atoms with Crippen LogP contribution < -0.4 is 5.32 Å². The van der Waals surface area contributed by atoms with Gasteiger partial charge in [0.15, 0.2) is 0 Å². The topological polar surface area (TPSA) is 38.3 Å². The lowest BCUT2D eigenvalue weighted by Gasteiger charge is -1.96. The molecule has 0 fully saturated rings. The number of hydrogen-bond donors (Lipinski definition) is 1. The molecule has 0 aliphatic carbocycles. The number of ether oxygens (including phenoxy) is 1. The lowest BCUT2D eigenvalue weighted by atomic mass is 10.3. The Morgan fingerprint density at radius 2 is 2.22 bits per heavy atom. The van der Waals surface area contributed by atoms with Gasteiger partial charge in [0, 0.05) is 12.6 Å². The van der Waals surface area contributed by atoms with Gasteiger partial charge in [-0.05, 0) is 6.92 Å². The van der Waals surface area contributed by atoms with Gasteiger partial charge in [-0.2, -0.15) is 0 Å². The maximum absolute atomic E-state index is 10.6. The smallest absolute Gasteiger partial charge is 0.249 e. The fourth-order valence-corrected chi connectivity index (χ4v) is 0.427. The summed E-state index contributed by atoms with van der Waals surface area (Å²) in [6.07, 6.45) is 1.40. The van der Waals surface area contributed by atoms with E-state index in [4.69, 9.17) is 0 Å². The molecule has 1 N–H and O–H groups in total. The molecule has 0 bridgehead atoms. The predicted octanol–water partition coefficient (Wildman–Crippen LogP) is 0.283. The quantitative estimate of drug-likeness (QED) is 0.429. The minimum atomic E-state index is -0.114. The van der Waals surface area contributed by atoms with Gasteiger partial charge in [-0.15, -0.1) is 0 Å². The first-order chi connectivity index (χ1) is 4.22. The first kappa shape index (κ1) is 8.01. The van der Waals surface area contributed by atoms with E-state index in [-0.39, 0.29) is 5.91 Å². The Morgan fingerprint density at radius 1 is 1.67 bits per heavy atom. The zero-order valence-electron chi connectivity index (χ0n) is 5.89. The highest BCUT2D eigenvalue weighted by molar-refractivity contribution is 5.92. The molecule has 0 aromatic carbocycles. The van der Waals surface area contributed by atoms with Gasteiger partial charge in [-0.1, -0.05) is 0 Å². The van der Waals surface area contributed by atoms with Crippen LogP contribution in [0.3, 0.4) is 0 Å². The molecule has 9 heavy (non-hydrogen) atoms. The maximum atomic E-state index is 10.6. The van der Waals surface area contributed by atoms with Crippen molar-refractivity contribution in [3.63, 3.8) is 0 Å². The van der Waals surface area contributed by atoms with Gasteiger partial charge in [-0.25, -0.2) is 0 Å². The van der Waals surface area contributed by atoms with Crippen molar-refractivity contribution in [2.24, 2.45) is 0 Å². The highest BCUT2D eigenvalue weighted by Crippen LogP contribution is 1.89. The summed E-state index contributed by atoms with van der Waals surface area (Å²) in [6, 6.07) is 0. The second kappa shape index (κ2) is 3.95. The van der Waals surface area contributed by atoms with Gasteiger partial charge < -0.3 is 10.1 Å².